The summed E-state index contributed by atoms with van der Waals surface area (Å²) in [6.45, 7) is 4.99. The van der Waals surface area contributed by atoms with E-state index in [1.165, 1.54) is 6.42 Å². The molecule has 1 amide bonds. The molecule has 2 atom stereocenters. The number of carbonyl (C=O) groups is 1. The van der Waals surface area contributed by atoms with Gasteiger partial charge in [0.15, 0.2) is 0 Å². The lowest BCUT2D eigenvalue weighted by atomic mass is 10.1. The second-order valence-electron chi connectivity index (χ2n) is 4.67. The largest absolute Gasteiger partial charge is 0.374 e. The Labute approximate surface area is 97.3 Å². The van der Waals surface area contributed by atoms with Crippen molar-refractivity contribution in [1.82, 2.24) is 10.2 Å². The van der Waals surface area contributed by atoms with Gasteiger partial charge in [-0.2, -0.15) is 0 Å². The van der Waals surface area contributed by atoms with Crippen molar-refractivity contribution in [3.63, 3.8) is 0 Å². The molecule has 1 saturated heterocycles. The molecule has 4 nitrogen and oxygen atoms in total. The maximum atomic E-state index is 12.0. The number of nitrogens with one attached hydrogen (secondary N) is 1. The highest BCUT2D eigenvalue weighted by Gasteiger charge is 2.37. The minimum Gasteiger partial charge on any atom is -0.374 e. The normalized spacial score (nSPS) is 29.2. The first-order chi connectivity index (χ1) is 7.83. The minimum absolute atomic E-state index is 0.244. The molecule has 1 aliphatic carbocycles. The lowest BCUT2D eigenvalue weighted by Crippen LogP contribution is -2.53. The van der Waals surface area contributed by atoms with Crippen LogP contribution in [0, 0.1) is 0 Å². The molecule has 1 N–H and O–H groups in total. The Morgan fingerprint density at radius 1 is 1.50 bits per heavy atom. The molecule has 16 heavy (non-hydrogen) atoms. The number of nitrogens with zero attached hydrogens (tertiary/aromatic N) is 1. The fourth-order valence-corrected chi connectivity index (χ4v) is 2.71. The Balaban J connectivity index is 1.84. The van der Waals surface area contributed by atoms with Gasteiger partial charge in [-0.05, 0) is 32.2 Å². The zero-order valence-electron chi connectivity index (χ0n) is 10.1. The SMILES string of the molecule is CCCNCC(=O)N1CCOC2CCCC21. The summed E-state index contributed by atoms with van der Waals surface area (Å²) in [7, 11) is 0. The van der Waals surface area contributed by atoms with Crippen LogP contribution >= 0.6 is 0 Å². The topological polar surface area (TPSA) is 41.6 Å². The van der Waals surface area contributed by atoms with Crippen LogP contribution in [0.5, 0.6) is 0 Å². The molecular weight excluding hydrogens is 204 g/mol. The van der Waals surface area contributed by atoms with Crippen LogP contribution < -0.4 is 5.32 Å². The number of rotatable bonds is 4. The standard InChI is InChI=1S/C12H22N2O2/c1-2-6-13-9-12(15)14-7-8-16-11-5-3-4-10(11)14/h10-11,13H,2-9H2,1H3. The lowest BCUT2D eigenvalue weighted by molar-refractivity contribution is -0.142. The fraction of sp³-hybridized carbons (Fsp3) is 0.917. The third-order valence-corrected chi connectivity index (χ3v) is 3.51. The molecule has 1 saturated carbocycles. The molecular formula is C12H22N2O2. The number of morpholine rings is 1. The molecule has 0 aromatic carbocycles. The molecule has 0 radical (unpaired) electrons. The molecule has 1 aliphatic heterocycles. The van der Waals surface area contributed by atoms with E-state index < -0.39 is 0 Å². The van der Waals surface area contributed by atoms with E-state index >= 15 is 0 Å². The smallest absolute Gasteiger partial charge is 0.236 e. The second kappa shape index (κ2) is 5.64. The van der Waals surface area contributed by atoms with E-state index in [1.54, 1.807) is 0 Å². The van der Waals surface area contributed by atoms with Gasteiger partial charge in [-0.3, -0.25) is 4.79 Å². The lowest BCUT2D eigenvalue weighted by Gasteiger charge is -2.37. The van der Waals surface area contributed by atoms with Gasteiger partial charge in [-0.1, -0.05) is 6.92 Å². The molecule has 2 unspecified atom stereocenters. The van der Waals surface area contributed by atoms with E-state index in [0.29, 0.717) is 25.3 Å². The molecule has 2 fully saturated rings. The number of fused-ring (bicyclic) bond motifs is 1. The van der Waals surface area contributed by atoms with E-state index in [-0.39, 0.29) is 5.91 Å². The van der Waals surface area contributed by atoms with Gasteiger partial charge in [0.25, 0.3) is 0 Å². The predicted octanol–water partition coefficient (Wildman–Crippen LogP) is 0.766. The fourth-order valence-electron chi connectivity index (χ4n) is 2.71. The van der Waals surface area contributed by atoms with E-state index in [4.69, 9.17) is 4.74 Å². The summed E-state index contributed by atoms with van der Waals surface area (Å²) in [6, 6.07) is 0.352. The zero-order valence-corrected chi connectivity index (χ0v) is 10.1. The predicted molar refractivity (Wildman–Crippen MR) is 62.3 cm³/mol. The minimum atomic E-state index is 0.244. The Bertz CT molecular complexity index is 245. The summed E-state index contributed by atoms with van der Waals surface area (Å²) in [4.78, 5) is 14.1. The third-order valence-electron chi connectivity index (χ3n) is 3.51. The van der Waals surface area contributed by atoms with Crippen molar-refractivity contribution < 1.29 is 9.53 Å². The summed E-state index contributed by atoms with van der Waals surface area (Å²) in [5.41, 5.74) is 0. The van der Waals surface area contributed by atoms with E-state index in [1.807, 2.05) is 4.90 Å². The maximum absolute atomic E-state index is 12.0. The van der Waals surface area contributed by atoms with Crippen LogP contribution in [0.2, 0.25) is 0 Å². The van der Waals surface area contributed by atoms with Crippen molar-refractivity contribution in [2.75, 3.05) is 26.2 Å². The van der Waals surface area contributed by atoms with E-state index in [9.17, 15) is 4.79 Å². The van der Waals surface area contributed by atoms with Crippen LogP contribution in [-0.2, 0) is 9.53 Å². The summed E-state index contributed by atoms with van der Waals surface area (Å²) >= 11 is 0. The Morgan fingerprint density at radius 2 is 2.38 bits per heavy atom. The van der Waals surface area contributed by atoms with Crippen molar-refractivity contribution >= 4 is 5.91 Å². The van der Waals surface area contributed by atoms with Crippen LogP contribution in [0.1, 0.15) is 32.6 Å². The van der Waals surface area contributed by atoms with Crippen molar-refractivity contribution in [3.8, 4) is 0 Å². The van der Waals surface area contributed by atoms with Crippen LogP contribution in [0.4, 0.5) is 0 Å². The van der Waals surface area contributed by atoms with Crippen molar-refractivity contribution in [3.05, 3.63) is 0 Å². The molecule has 0 aromatic heterocycles. The molecule has 4 heteroatoms. The third kappa shape index (κ3) is 2.55. The first-order valence-corrected chi connectivity index (χ1v) is 6.44. The molecule has 2 rings (SSSR count). The van der Waals surface area contributed by atoms with E-state index in [0.717, 1.165) is 32.4 Å². The van der Waals surface area contributed by atoms with Gasteiger partial charge in [0.2, 0.25) is 5.91 Å². The van der Waals surface area contributed by atoms with Gasteiger partial charge in [0.05, 0.1) is 25.3 Å². The number of amides is 1. The van der Waals surface area contributed by atoms with Crippen molar-refractivity contribution in [2.24, 2.45) is 0 Å². The van der Waals surface area contributed by atoms with Crippen LogP contribution in [0.25, 0.3) is 0 Å². The summed E-state index contributed by atoms with van der Waals surface area (Å²) in [6.07, 6.45) is 4.81. The van der Waals surface area contributed by atoms with Crippen molar-refractivity contribution in [1.29, 1.82) is 0 Å². The van der Waals surface area contributed by atoms with Gasteiger partial charge in [0, 0.05) is 6.54 Å². The average Bonchev–Trinajstić information content (AvgIpc) is 2.76. The number of hydrogen-bond acceptors (Lipinski definition) is 3. The maximum Gasteiger partial charge on any atom is 0.236 e. The molecule has 1 heterocycles. The number of ether oxygens (including phenoxy) is 1. The summed E-state index contributed by atoms with van der Waals surface area (Å²) in [5.74, 6) is 0.244. The Morgan fingerprint density at radius 3 is 3.19 bits per heavy atom. The van der Waals surface area contributed by atoms with E-state index in [2.05, 4.69) is 12.2 Å². The van der Waals surface area contributed by atoms with Gasteiger partial charge in [-0.25, -0.2) is 0 Å². The number of carbonyl (C=O) groups excluding carboxylic acids is 1. The zero-order chi connectivity index (χ0) is 11.4. The van der Waals surface area contributed by atoms with Crippen LogP contribution in [0.3, 0.4) is 0 Å². The highest BCUT2D eigenvalue weighted by Crippen LogP contribution is 2.29. The molecule has 92 valence electrons. The Kier molecular flexibility index (Phi) is 4.18. The highest BCUT2D eigenvalue weighted by atomic mass is 16.5. The van der Waals surface area contributed by atoms with Gasteiger partial charge < -0.3 is 15.0 Å². The average molecular weight is 226 g/mol. The second-order valence-corrected chi connectivity index (χ2v) is 4.67. The summed E-state index contributed by atoms with van der Waals surface area (Å²) < 4.78 is 5.69. The first-order valence-electron chi connectivity index (χ1n) is 6.44. The number of hydrogen-bond donors (Lipinski definition) is 1. The highest BCUT2D eigenvalue weighted by molar-refractivity contribution is 5.78. The Hall–Kier alpha value is -0.610. The van der Waals surface area contributed by atoms with Gasteiger partial charge in [-0.15, -0.1) is 0 Å². The van der Waals surface area contributed by atoms with Crippen LogP contribution in [0.15, 0.2) is 0 Å². The molecule has 0 spiro atoms. The summed E-state index contributed by atoms with van der Waals surface area (Å²) in [5, 5.41) is 3.18. The van der Waals surface area contributed by atoms with Crippen LogP contribution in [-0.4, -0.2) is 49.2 Å². The quantitative estimate of drug-likeness (QED) is 0.720. The molecule has 0 bridgehead atoms. The van der Waals surface area contributed by atoms with Crippen molar-refractivity contribution in [2.45, 2.75) is 44.8 Å². The molecule has 0 aromatic rings. The monoisotopic (exact) mass is 226 g/mol. The van der Waals surface area contributed by atoms with Gasteiger partial charge in [0.1, 0.15) is 0 Å². The molecule has 2 aliphatic rings. The van der Waals surface area contributed by atoms with Gasteiger partial charge >= 0.3 is 0 Å². The first kappa shape index (κ1) is 11.9.